The van der Waals surface area contributed by atoms with Gasteiger partial charge in [-0.15, -0.1) is 0 Å². The summed E-state index contributed by atoms with van der Waals surface area (Å²) >= 11 is 0. The quantitative estimate of drug-likeness (QED) is 0.523. The number of carbonyl (C=O) groups excluding carboxylic acids is 1. The van der Waals surface area contributed by atoms with Crippen LogP contribution < -0.4 is 0 Å². The van der Waals surface area contributed by atoms with E-state index in [-0.39, 0.29) is 13.0 Å². The van der Waals surface area contributed by atoms with E-state index < -0.39 is 35.8 Å². The number of carbonyl (C=O) groups is 3. The van der Waals surface area contributed by atoms with Gasteiger partial charge in [-0.3, -0.25) is 4.79 Å². The van der Waals surface area contributed by atoms with Gasteiger partial charge in [-0.2, -0.15) is 0 Å². The minimum atomic E-state index is -2.68. The van der Waals surface area contributed by atoms with E-state index in [1.165, 1.54) is 0 Å². The Morgan fingerprint density at radius 3 is 2.47 bits per heavy atom. The standard InChI is InChI=1S/C8H10O7/c9-4-1-2-15-5(6(10)11)8(14,3-4)7(12)13/h5,14H,1-3H2,(H,10,11)(H,12,13)/t5-,8-/m1/s1. The number of carboxylic acid groups (broad SMARTS) is 2. The van der Waals surface area contributed by atoms with Gasteiger partial charge in [0.2, 0.25) is 5.60 Å². The Hall–Kier alpha value is -1.47. The minimum Gasteiger partial charge on any atom is -0.479 e. The van der Waals surface area contributed by atoms with E-state index in [0.717, 1.165) is 0 Å². The number of ketones is 1. The Balaban J connectivity index is 3.06. The molecule has 0 bridgehead atoms. The first kappa shape index (κ1) is 11.6. The van der Waals surface area contributed by atoms with Crippen molar-refractivity contribution in [3.05, 3.63) is 0 Å². The number of rotatable bonds is 2. The second kappa shape index (κ2) is 3.95. The number of aliphatic carboxylic acids is 2. The molecule has 0 aromatic carbocycles. The molecular weight excluding hydrogens is 208 g/mol. The lowest BCUT2D eigenvalue weighted by Crippen LogP contribution is -2.54. The van der Waals surface area contributed by atoms with Gasteiger partial charge >= 0.3 is 11.9 Å². The van der Waals surface area contributed by atoms with E-state index in [1.54, 1.807) is 0 Å². The molecule has 1 fully saturated rings. The molecule has 1 aliphatic rings. The zero-order chi connectivity index (χ0) is 11.6. The number of aliphatic hydroxyl groups is 1. The molecule has 0 spiro atoms. The van der Waals surface area contributed by atoms with Crippen molar-refractivity contribution >= 4 is 17.7 Å². The van der Waals surface area contributed by atoms with E-state index >= 15 is 0 Å². The maximum atomic E-state index is 11.1. The summed E-state index contributed by atoms with van der Waals surface area (Å²) in [5, 5.41) is 27.0. The molecule has 1 saturated heterocycles. The molecule has 0 aromatic rings. The van der Waals surface area contributed by atoms with Gasteiger partial charge in [0.25, 0.3) is 0 Å². The molecule has 1 heterocycles. The van der Waals surface area contributed by atoms with Crippen LogP contribution in [0, 0.1) is 0 Å². The number of hydrogen-bond acceptors (Lipinski definition) is 5. The molecule has 3 N–H and O–H groups in total. The molecule has 1 aliphatic heterocycles. The highest BCUT2D eigenvalue weighted by Crippen LogP contribution is 2.24. The molecule has 7 heteroatoms. The fourth-order valence-corrected chi connectivity index (χ4v) is 1.37. The second-order valence-electron chi connectivity index (χ2n) is 3.28. The Kier molecular flexibility index (Phi) is 3.06. The number of hydrogen-bond donors (Lipinski definition) is 3. The highest BCUT2D eigenvalue weighted by molar-refractivity contribution is 5.93. The van der Waals surface area contributed by atoms with Gasteiger partial charge in [-0.1, -0.05) is 0 Å². The average Bonchev–Trinajstić information content (AvgIpc) is 2.24. The van der Waals surface area contributed by atoms with Crippen LogP contribution >= 0.6 is 0 Å². The summed E-state index contributed by atoms with van der Waals surface area (Å²) < 4.78 is 4.66. The summed E-state index contributed by atoms with van der Waals surface area (Å²) in [6.07, 6.45) is -2.76. The first-order valence-corrected chi connectivity index (χ1v) is 4.20. The average molecular weight is 218 g/mol. The predicted octanol–water partition coefficient (Wildman–Crippen LogP) is -1.37. The monoisotopic (exact) mass is 218 g/mol. The van der Waals surface area contributed by atoms with Crippen molar-refractivity contribution in [2.75, 3.05) is 6.61 Å². The van der Waals surface area contributed by atoms with Crippen molar-refractivity contribution in [2.24, 2.45) is 0 Å². The van der Waals surface area contributed by atoms with E-state index in [9.17, 15) is 19.5 Å². The number of carboxylic acids is 2. The van der Waals surface area contributed by atoms with Crippen LogP contribution in [0.15, 0.2) is 0 Å². The summed E-state index contributed by atoms with van der Waals surface area (Å²) in [5.74, 6) is -3.91. The lowest BCUT2D eigenvalue weighted by Gasteiger charge is -2.26. The van der Waals surface area contributed by atoms with E-state index in [2.05, 4.69) is 4.74 Å². The van der Waals surface area contributed by atoms with E-state index in [4.69, 9.17) is 10.2 Å². The first-order valence-electron chi connectivity index (χ1n) is 4.20. The van der Waals surface area contributed by atoms with Crippen LogP contribution in [0.5, 0.6) is 0 Å². The fraction of sp³-hybridized carbons (Fsp3) is 0.625. The van der Waals surface area contributed by atoms with E-state index in [1.807, 2.05) is 0 Å². The van der Waals surface area contributed by atoms with Crippen LogP contribution in [0.2, 0.25) is 0 Å². The van der Waals surface area contributed by atoms with Crippen molar-refractivity contribution in [3.8, 4) is 0 Å². The van der Waals surface area contributed by atoms with Crippen LogP contribution in [0.4, 0.5) is 0 Å². The fourth-order valence-electron chi connectivity index (χ4n) is 1.37. The summed E-state index contributed by atoms with van der Waals surface area (Å²) in [6.45, 7) is -0.203. The molecule has 0 radical (unpaired) electrons. The molecule has 0 unspecified atom stereocenters. The molecule has 0 saturated carbocycles. The first-order chi connectivity index (χ1) is 6.88. The molecule has 84 valence electrons. The predicted molar refractivity (Wildman–Crippen MR) is 44.2 cm³/mol. The van der Waals surface area contributed by atoms with Gasteiger partial charge < -0.3 is 20.1 Å². The molecule has 15 heavy (non-hydrogen) atoms. The molecule has 1 rings (SSSR count). The maximum absolute atomic E-state index is 11.1. The third kappa shape index (κ3) is 2.13. The third-order valence-electron chi connectivity index (χ3n) is 2.16. The zero-order valence-electron chi connectivity index (χ0n) is 7.67. The van der Waals surface area contributed by atoms with Gasteiger partial charge in [0.05, 0.1) is 6.61 Å². The van der Waals surface area contributed by atoms with Gasteiger partial charge in [-0.05, 0) is 0 Å². The summed E-state index contributed by atoms with van der Waals surface area (Å²) in [7, 11) is 0. The van der Waals surface area contributed by atoms with Crippen molar-refractivity contribution in [2.45, 2.75) is 24.5 Å². The van der Waals surface area contributed by atoms with Crippen LogP contribution in [0.25, 0.3) is 0 Å². The normalized spacial score (nSPS) is 32.1. The van der Waals surface area contributed by atoms with E-state index in [0.29, 0.717) is 0 Å². The summed E-state index contributed by atoms with van der Waals surface area (Å²) in [6, 6.07) is 0. The summed E-state index contributed by atoms with van der Waals surface area (Å²) in [4.78, 5) is 32.5. The maximum Gasteiger partial charge on any atom is 0.339 e. The third-order valence-corrected chi connectivity index (χ3v) is 2.16. The lowest BCUT2D eigenvalue weighted by molar-refractivity contribution is -0.188. The van der Waals surface area contributed by atoms with Crippen molar-refractivity contribution in [1.82, 2.24) is 0 Å². The number of ether oxygens (including phenoxy) is 1. The minimum absolute atomic E-state index is 0.0978. The highest BCUT2D eigenvalue weighted by Gasteiger charge is 2.52. The Morgan fingerprint density at radius 2 is 2.00 bits per heavy atom. The molecule has 0 aromatic heterocycles. The van der Waals surface area contributed by atoms with Crippen LogP contribution in [-0.4, -0.2) is 51.4 Å². The van der Waals surface area contributed by atoms with Gasteiger partial charge in [0, 0.05) is 12.8 Å². The highest BCUT2D eigenvalue weighted by atomic mass is 16.5. The molecule has 2 atom stereocenters. The van der Waals surface area contributed by atoms with Gasteiger partial charge in [0.15, 0.2) is 6.10 Å². The molecule has 0 amide bonds. The Morgan fingerprint density at radius 1 is 1.40 bits per heavy atom. The summed E-state index contributed by atoms with van der Waals surface area (Å²) in [5.41, 5.74) is -2.68. The molecule has 7 nitrogen and oxygen atoms in total. The Labute approximate surface area is 84.3 Å². The van der Waals surface area contributed by atoms with Crippen molar-refractivity contribution in [1.29, 1.82) is 0 Å². The van der Waals surface area contributed by atoms with Crippen molar-refractivity contribution in [3.63, 3.8) is 0 Å². The zero-order valence-corrected chi connectivity index (χ0v) is 7.67. The molecular formula is C8H10O7. The number of Topliss-reactive ketones (excluding diaryl/α,β-unsaturated/α-hetero) is 1. The van der Waals surface area contributed by atoms with Gasteiger partial charge in [-0.25, -0.2) is 9.59 Å². The second-order valence-corrected chi connectivity index (χ2v) is 3.28. The van der Waals surface area contributed by atoms with Crippen LogP contribution in [-0.2, 0) is 19.1 Å². The topological polar surface area (TPSA) is 121 Å². The Bertz CT molecular complexity index is 310. The lowest BCUT2D eigenvalue weighted by atomic mass is 9.91. The largest absolute Gasteiger partial charge is 0.479 e. The smallest absolute Gasteiger partial charge is 0.339 e. The van der Waals surface area contributed by atoms with Crippen molar-refractivity contribution < 1.29 is 34.4 Å². The SMILES string of the molecule is O=C1CCO[C@H](C(=O)O)[C@@](O)(C(=O)O)C1. The molecule has 0 aliphatic carbocycles. The van der Waals surface area contributed by atoms with Crippen LogP contribution in [0.1, 0.15) is 12.8 Å². The van der Waals surface area contributed by atoms with Gasteiger partial charge in [0.1, 0.15) is 5.78 Å². The van der Waals surface area contributed by atoms with Crippen LogP contribution in [0.3, 0.4) is 0 Å².